The molecule has 1 saturated heterocycles. The van der Waals surface area contributed by atoms with E-state index in [-0.39, 0.29) is 0 Å². The van der Waals surface area contributed by atoms with Crippen LogP contribution in [0.5, 0.6) is 0 Å². The van der Waals surface area contributed by atoms with E-state index in [2.05, 4.69) is 11.8 Å². The van der Waals surface area contributed by atoms with E-state index in [0.717, 1.165) is 12.6 Å². The molecule has 0 radical (unpaired) electrons. The van der Waals surface area contributed by atoms with Gasteiger partial charge in [0.05, 0.1) is 0 Å². The molecule has 2 N–H and O–H groups in total. The smallest absolute Gasteiger partial charge is 0.0346 e. The van der Waals surface area contributed by atoms with Crippen molar-refractivity contribution in [3.63, 3.8) is 0 Å². The van der Waals surface area contributed by atoms with Gasteiger partial charge in [-0.3, -0.25) is 4.90 Å². The zero-order chi connectivity index (χ0) is 5.28. The van der Waals surface area contributed by atoms with Crippen LogP contribution in [0, 0.1) is 0 Å². The van der Waals surface area contributed by atoms with E-state index in [0.29, 0.717) is 0 Å². The first-order chi connectivity index (χ1) is 3.38. The summed E-state index contributed by atoms with van der Waals surface area (Å²) in [6.45, 7) is 5.40. The van der Waals surface area contributed by atoms with Crippen molar-refractivity contribution in [1.29, 1.82) is 0 Å². The van der Waals surface area contributed by atoms with Crippen molar-refractivity contribution in [1.82, 2.24) is 4.90 Å². The molecule has 0 spiro atoms. The second-order valence-corrected chi connectivity index (χ2v) is 1.98. The maximum atomic E-state index is 5.36. The molecule has 0 saturated carbocycles. The topological polar surface area (TPSA) is 29.0 Å². The van der Waals surface area contributed by atoms with Gasteiger partial charge in [0.25, 0.3) is 0 Å². The second-order valence-electron chi connectivity index (χ2n) is 1.98. The fraction of sp³-hybridized carbons (Fsp3) is 1.00. The molecule has 0 aromatic rings. The minimum Gasteiger partial charge on any atom is -0.329 e. The van der Waals surface area contributed by atoms with Crippen molar-refractivity contribution in [2.75, 3.05) is 19.6 Å². The van der Waals surface area contributed by atoms with Crippen molar-refractivity contribution in [3.8, 4) is 0 Å². The van der Waals surface area contributed by atoms with Crippen molar-refractivity contribution in [3.05, 3.63) is 0 Å². The van der Waals surface area contributed by atoms with Crippen molar-refractivity contribution < 1.29 is 0 Å². The lowest BCUT2D eigenvalue weighted by Gasteiger charge is -1.91. The zero-order valence-electron chi connectivity index (χ0n) is 4.72. The summed E-state index contributed by atoms with van der Waals surface area (Å²) >= 11 is 0. The fourth-order valence-corrected chi connectivity index (χ4v) is 0.834. The average molecular weight is 100 g/mol. The van der Waals surface area contributed by atoms with Gasteiger partial charge in [0, 0.05) is 19.1 Å². The number of hydrogen-bond acceptors (Lipinski definition) is 2. The lowest BCUT2D eigenvalue weighted by Crippen LogP contribution is -2.11. The third-order valence-corrected chi connectivity index (χ3v) is 1.51. The van der Waals surface area contributed by atoms with Crippen LogP contribution in [0.4, 0.5) is 0 Å². The molecule has 1 aliphatic rings. The minimum atomic E-state index is 0.727. The van der Waals surface area contributed by atoms with Gasteiger partial charge in [0.1, 0.15) is 0 Å². The highest BCUT2D eigenvalue weighted by Gasteiger charge is 2.29. The second kappa shape index (κ2) is 1.80. The number of hydrogen-bond donors (Lipinski definition) is 1. The highest BCUT2D eigenvalue weighted by molar-refractivity contribution is 4.88. The molecule has 0 aliphatic carbocycles. The van der Waals surface area contributed by atoms with Crippen LogP contribution in [0.15, 0.2) is 0 Å². The summed E-state index contributed by atoms with van der Waals surface area (Å²) in [4.78, 5) is 2.35. The van der Waals surface area contributed by atoms with Crippen LogP contribution in [0.25, 0.3) is 0 Å². The Kier molecular flexibility index (Phi) is 1.30. The summed E-state index contributed by atoms with van der Waals surface area (Å²) in [6, 6.07) is 0.727. The SMILES string of the molecule is CCN1CC1CN. The van der Waals surface area contributed by atoms with Gasteiger partial charge in [-0.05, 0) is 6.54 Å². The predicted molar refractivity (Wildman–Crippen MR) is 30.1 cm³/mol. The average Bonchev–Trinajstić information content (AvgIpc) is 2.43. The Morgan fingerprint density at radius 1 is 1.86 bits per heavy atom. The van der Waals surface area contributed by atoms with Gasteiger partial charge in [-0.2, -0.15) is 0 Å². The Morgan fingerprint density at radius 3 is 2.71 bits per heavy atom. The van der Waals surface area contributed by atoms with E-state index in [1.54, 1.807) is 0 Å². The summed E-state index contributed by atoms with van der Waals surface area (Å²) in [5.41, 5.74) is 5.36. The third kappa shape index (κ3) is 0.924. The largest absolute Gasteiger partial charge is 0.329 e. The van der Waals surface area contributed by atoms with Crippen LogP contribution in [0.1, 0.15) is 6.92 Å². The van der Waals surface area contributed by atoms with Crippen molar-refractivity contribution >= 4 is 0 Å². The summed E-state index contributed by atoms with van der Waals surface area (Å²) in [5.74, 6) is 0. The third-order valence-electron chi connectivity index (χ3n) is 1.51. The number of likely N-dealkylation sites (N-methyl/N-ethyl adjacent to an activating group) is 1. The molecule has 0 amide bonds. The normalized spacial score (nSPS) is 38.6. The molecule has 0 aromatic carbocycles. The van der Waals surface area contributed by atoms with E-state index in [9.17, 15) is 0 Å². The lowest BCUT2D eigenvalue weighted by molar-refractivity contribution is 0.537. The monoisotopic (exact) mass is 100 g/mol. The molecule has 1 heterocycles. The van der Waals surface area contributed by atoms with E-state index in [4.69, 9.17) is 5.73 Å². The van der Waals surface area contributed by atoms with Crippen LogP contribution in [0.2, 0.25) is 0 Å². The Hall–Kier alpha value is -0.0800. The van der Waals surface area contributed by atoms with Gasteiger partial charge >= 0.3 is 0 Å². The van der Waals surface area contributed by atoms with Gasteiger partial charge in [-0.25, -0.2) is 0 Å². The molecular weight excluding hydrogens is 88.1 g/mol. The molecule has 0 bridgehead atoms. The van der Waals surface area contributed by atoms with E-state index < -0.39 is 0 Å². The number of nitrogens with two attached hydrogens (primary N) is 1. The van der Waals surface area contributed by atoms with Gasteiger partial charge in [-0.15, -0.1) is 0 Å². The molecular formula is C5H12N2. The summed E-state index contributed by atoms with van der Waals surface area (Å²) in [6.07, 6.45) is 0. The van der Waals surface area contributed by atoms with Crippen LogP contribution < -0.4 is 5.73 Å². The van der Waals surface area contributed by atoms with Gasteiger partial charge in [-0.1, -0.05) is 6.92 Å². The predicted octanol–water partition coefficient (Wildman–Crippen LogP) is -0.351. The van der Waals surface area contributed by atoms with Crippen LogP contribution in [-0.4, -0.2) is 30.6 Å². The summed E-state index contributed by atoms with van der Waals surface area (Å²) in [7, 11) is 0. The maximum absolute atomic E-state index is 5.36. The zero-order valence-corrected chi connectivity index (χ0v) is 4.72. The minimum absolute atomic E-state index is 0.727. The molecule has 2 unspecified atom stereocenters. The van der Waals surface area contributed by atoms with Crippen LogP contribution >= 0.6 is 0 Å². The standard InChI is InChI=1S/C5H12N2/c1-2-7-4-5(7)3-6/h5H,2-4,6H2,1H3. The molecule has 0 aromatic heterocycles. The first-order valence-electron chi connectivity index (χ1n) is 2.82. The van der Waals surface area contributed by atoms with Crippen LogP contribution in [-0.2, 0) is 0 Å². The lowest BCUT2D eigenvalue weighted by atomic mass is 10.5. The van der Waals surface area contributed by atoms with E-state index in [1.807, 2.05) is 0 Å². The van der Waals surface area contributed by atoms with E-state index >= 15 is 0 Å². The molecule has 7 heavy (non-hydrogen) atoms. The molecule has 42 valence electrons. The highest BCUT2D eigenvalue weighted by atomic mass is 15.3. The maximum Gasteiger partial charge on any atom is 0.0346 e. The number of nitrogens with zero attached hydrogens (tertiary/aromatic N) is 1. The van der Waals surface area contributed by atoms with Gasteiger partial charge < -0.3 is 5.73 Å². The highest BCUT2D eigenvalue weighted by Crippen LogP contribution is 2.12. The first-order valence-corrected chi connectivity index (χ1v) is 2.82. The Morgan fingerprint density at radius 2 is 2.57 bits per heavy atom. The summed E-state index contributed by atoms with van der Waals surface area (Å²) < 4.78 is 0. The quantitative estimate of drug-likeness (QED) is 0.480. The summed E-state index contributed by atoms with van der Waals surface area (Å²) in [5, 5.41) is 0. The Bertz CT molecular complexity index is 55.1. The molecule has 2 nitrogen and oxygen atoms in total. The Balaban J connectivity index is 2.06. The molecule has 2 heteroatoms. The molecule has 1 aliphatic heterocycles. The van der Waals surface area contributed by atoms with Gasteiger partial charge in [0.2, 0.25) is 0 Å². The van der Waals surface area contributed by atoms with Crippen LogP contribution in [0.3, 0.4) is 0 Å². The molecule has 1 rings (SSSR count). The molecule has 2 atom stereocenters. The van der Waals surface area contributed by atoms with Crippen molar-refractivity contribution in [2.45, 2.75) is 13.0 Å². The first kappa shape index (κ1) is 5.06. The molecule has 1 fully saturated rings. The van der Waals surface area contributed by atoms with Crippen molar-refractivity contribution in [2.24, 2.45) is 5.73 Å². The number of rotatable bonds is 2. The fourth-order valence-electron chi connectivity index (χ4n) is 0.834. The van der Waals surface area contributed by atoms with E-state index in [1.165, 1.54) is 13.1 Å². The Labute approximate surface area is 44.3 Å². The van der Waals surface area contributed by atoms with Gasteiger partial charge in [0.15, 0.2) is 0 Å².